The van der Waals surface area contributed by atoms with Gasteiger partial charge in [-0.3, -0.25) is 9.59 Å². The minimum Gasteiger partial charge on any atom is -0.480 e. The minimum absolute atomic E-state index is 0.00641. The lowest BCUT2D eigenvalue weighted by molar-refractivity contribution is -0.135. The van der Waals surface area contributed by atoms with E-state index in [2.05, 4.69) is 69.6 Å². The lowest BCUT2D eigenvalue weighted by Gasteiger charge is -2.27. The van der Waals surface area contributed by atoms with Gasteiger partial charge in [0.05, 0.1) is 5.56 Å². The van der Waals surface area contributed by atoms with E-state index in [1.165, 1.54) is 43.2 Å². The number of hydrogen-bond acceptors (Lipinski definition) is 2. The Kier molecular flexibility index (Phi) is 7.64. The molecule has 1 aromatic heterocycles. The van der Waals surface area contributed by atoms with Gasteiger partial charge in [-0.1, -0.05) is 66.9 Å². The second-order valence-corrected chi connectivity index (χ2v) is 12.0. The highest BCUT2D eigenvalue weighted by Gasteiger charge is 2.25. The highest BCUT2D eigenvalue weighted by Crippen LogP contribution is 2.36. The number of rotatable bonds is 6. The highest BCUT2D eigenvalue weighted by atomic mass is 16.4. The molecule has 3 rings (SSSR count). The Balaban J connectivity index is 2.16. The Morgan fingerprint density at radius 3 is 2.00 bits per heavy atom. The first kappa shape index (κ1) is 26.1. The summed E-state index contributed by atoms with van der Waals surface area (Å²) in [6, 6.07) is 8.80. The lowest BCUT2D eigenvalue weighted by atomic mass is 9.79. The van der Waals surface area contributed by atoms with E-state index in [1.807, 2.05) is 13.0 Å². The predicted octanol–water partition coefficient (Wildman–Crippen LogP) is 6.45. The Morgan fingerprint density at radius 2 is 1.50 bits per heavy atom. The minimum atomic E-state index is -1.04. The van der Waals surface area contributed by atoms with Crippen LogP contribution in [0.1, 0.15) is 101 Å². The topological polar surface area (TPSA) is 71.3 Å². The summed E-state index contributed by atoms with van der Waals surface area (Å²) in [7, 11) is 0. The van der Waals surface area contributed by atoms with Crippen molar-refractivity contribution >= 4 is 11.9 Å². The van der Waals surface area contributed by atoms with Crippen molar-refractivity contribution < 1.29 is 14.7 Å². The highest BCUT2D eigenvalue weighted by molar-refractivity contribution is 5.98. The molecule has 0 radical (unpaired) electrons. The molecule has 1 fully saturated rings. The Morgan fingerprint density at radius 1 is 0.941 bits per heavy atom. The predicted molar refractivity (Wildman–Crippen MR) is 139 cm³/mol. The van der Waals surface area contributed by atoms with Crippen LogP contribution in [0.3, 0.4) is 0 Å². The van der Waals surface area contributed by atoms with Crippen LogP contribution in [0.2, 0.25) is 0 Å². The van der Waals surface area contributed by atoms with Crippen molar-refractivity contribution in [1.82, 2.24) is 9.88 Å². The zero-order chi connectivity index (χ0) is 25.3. The Hall–Kier alpha value is -2.56. The van der Waals surface area contributed by atoms with Crippen molar-refractivity contribution in [3.63, 3.8) is 0 Å². The van der Waals surface area contributed by atoms with E-state index in [0.717, 1.165) is 23.5 Å². The molecule has 5 nitrogen and oxygen atoms in total. The van der Waals surface area contributed by atoms with Gasteiger partial charge in [-0.15, -0.1) is 0 Å². The Bertz CT molecular complexity index is 1010. The molecule has 34 heavy (non-hydrogen) atoms. The fraction of sp³-hybridized carbons (Fsp3) is 0.586. The number of carbonyl (C=O) groups is 2. The monoisotopic (exact) mass is 466 g/mol. The molecular weight excluding hydrogens is 424 g/mol. The van der Waals surface area contributed by atoms with Crippen molar-refractivity contribution in [3.8, 4) is 11.3 Å². The number of nitrogens with one attached hydrogen (secondary N) is 1. The molecule has 1 aliphatic carbocycles. The number of nitrogens with zero attached hydrogens (tertiary/aromatic N) is 1. The molecule has 2 N–H and O–H groups in total. The summed E-state index contributed by atoms with van der Waals surface area (Å²) in [5.41, 5.74) is 6.16. The molecule has 1 amide bonds. The summed E-state index contributed by atoms with van der Waals surface area (Å²) >= 11 is 0. The standard InChI is InChI=1S/C29H42N2O3/c1-19-24(27(34)30-17-26(32)33)16-25(31(19)18-20-11-9-8-10-12-20)21-13-22(28(2,3)4)15-23(14-21)29(5,6)7/h13-16,20H,8-12,17-18H2,1-7H3,(H,30,34)(H,32,33). The average molecular weight is 467 g/mol. The van der Waals surface area contributed by atoms with Crippen molar-refractivity contribution in [1.29, 1.82) is 0 Å². The summed E-state index contributed by atoms with van der Waals surface area (Å²) in [5, 5.41) is 11.6. The van der Waals surface area contributed by atoms with E-state index in [9.17, 15) is 9.59 Å². The summed E-state index contributed by atoms with van der Waals surface area (Å²) in [6.07, 6.45) is 6.26. The van der Waals surface area contributed by atoms with E-state index in [0.29, 0.717) is 11.5 Å². The van der Waals surface area contributed by atoms with Gasteiger partial charge in [-0.25, -0.2) is 0 Å². The van der Waals surface area contributed by atoms with Gasteiger partial charge in [0.25, 0.3) is 5.91 Å². The zero-order valence-electron chi connectivity index (χ0n) is 22.0. The molecule has 5 heteroatoms. The SMILES string of the molecule is Cc1c(C(=O)NCC(=O)O)cc(-c2cc(C(C)(C)C)cc(C(C)(C)C)c2)n1CC1CCCCC1. The number of amides is 1. The smallest absolute Gasteiger partial charge is 0.322 e. The maximum atomic E-state index is 12.9. The lowest BCUT2D eigenvalue weighted by Crippen LogP contribution is -2.29. The fourth-order valence-corrected chi connectivity index (χ4v) is 4.87. The van der Waals surface area contributed by atoms with Crippen LogP contribution in [0.5, 0.6) is 0 Å². The summed E-state index contributed by atoms with van der Waals surface area (Å²) in [4.78, 5) is 23.9. The van der Waals surface area contributed by atoms with Crippen LogP contribution >= 0.6 is 0 Å². The number of aromatic nitrogens is 1. The van der Waals surface area contributed by atoms with E-state index in [-0.39, 0.29) is 23.3 Å². The van der Waals surface area contributed by atoms with Crippen LogP contribution in [-0.2, 0) is 22.2 Å². The molecule has 1 aromatic carbocycles. The van der Waals surface area contributed by atoms with Crippen LogP contribution in [-0.4, -0.2) is 28.1 Å². The van der Waals surface area contributed by atoms with E-state index < -0.39 is 5.97 Å². The van der Waals surface area contributed by atoms with Gasteiger partial charge in [-0.05, 0) is 71.4 Å². The third-order valence-electron chi connectivity index (χ3n) is 7.14. The van der Waals surface area contributed by atoms with Gasteiger partial charge in [0, 0.05) is 17.9 Å². The van der Waals surface area contributed by atoms with Crippen molar-refractivity contribution in [3.05, 3.63) is 46.6 Å². The van der Waals surface area contributed by atoms with E-state index in [1.54, 1.807) is 0 Å². The molecular formula is C29H42N2O3. The second kappa shape index (κ2) is 9.97. The van der Waals surface area contributed by atoms with Gasteiger partial charge < -0.3 is 15.0 Å². The number of carbonyl (C=O) groups excluding carboxylic acids is 1. The van der Waals surface area contributed by atoms with Crippen molar-refractivity contribution in [2.45, 2.75) is 97.9 Å². The van der Waals surface area contributed by atoms with Gasteiger partial charge in [-0.2, -0.15) is 0 Å². The largest absolute Gasteiger partial charge is 0.480 e. The summed E-state index contributed by atoms with van der Waals surface area (Å²) in [6.45, 7) is 15.9. The first-order valence-corrected chi connectivity index (χ1v) is 12.6. The molecule has 0 bridgehead atoms. The molecule has 0 atom stereocenters. The van der Waals surface area contributed by atoms with Crippen molar-refractivity contribution in [2.75, 3.05) is 6.54 Å². The molecule has 0 aliphatic heterocycles. The van der Waals surface area contributed by atoms with Crippen molar-refractivity contribution in [2.24, 2.45) is 5.92 Å². The van der Waals surface area contributed by atoms with Gasteiger partial charge in [0.15, 0.2) is 0 Å². The van der Waals surface area contributed by atoms with Crippen LogP contribution in [0.4, 0.5) is 0 Å². The third-order valence-corrected chi connectivity index (χ3v) is 7.14. The number of benzene rings is 1. The molecule has 1 saturated carbocycles. The molecule has 186 valence electrons. The number of carboxylic acids is 1. The Labute approximate surface area is 205 Å². The van der Waals surface area contributed by atoms with Gasteiger partial charge >= 0.3 is 5.97 Å². The maximum absolute atomic E-state index is 12.9. The van der Waals surface area contributed by atoms with E-state index in [4.69, 9.17) is 5.11 Å². The molecule has 0 unspecified atom stereocenters. The molecule has 1 aliphatic rings. The van der Waals surface area contributed by atoms with Crippen LogP contribution < -0.4 is 5.32 Å². The number of hydrogen-bond donors (Lipinski definition) is 2. The normalized spacial score (nSPS) is 15.4. The maximum Gasteiger partial charge on any atom is 0.322 e. The zero-order valence-corrected chi connectivity index (χ0v) is 22.0. The number of carboxylic acid groups (broad SMARTS) is 1. The van der Waals surface area contributed by atoms with E-state index >= 15 is 0 Å². The average Bonchev–Trinajstić information content (AvgIpc) is 3.07. The van der Waals surface area contributed by atoms with Crippen LogP contribution in [0.15, 0.2) is 24.3 Å². The third kappa shape index (κ3) is 6.11. The first-order valence-electron chi connectivity index (χ1n) is 12.6. The second-order valence-electron chi connectivity index (χ2n) is 12.0. The summed E-state index contributed by atoms with van der Waals surface area (Å²) in [5.74, 6) is -0.770. The molecule has 2 aromatic rings. The van der Waals surface area contributed by atoms with Crippen LogP contribution in [0, 0.1) is 12.8 Å². The molecule has 0 saturated heterocycles. The summed E-state index contributed by atoms with van der Waals surface area (Å²) < 4.78 is 2.31. The fourth-order valence-electron chi connectivity index (χ4n) is 4.87. The first-order chi connectivity index (χ1) is 15.8. The quantitative estimate of drug-likeness (QED) is 0.514. The molecule has 0 spiro atoms. The number of aliphatic carboxylic acids is 1. The van der Waals surface area contributed by atoms with Gasteiger partial charge in [0.2, 0.25) is 0 Å². The van der Waals surface area contributed by atoms with Crippen LogP contribution in [0.25, 0.3) is 11.3 Å². The molecule has 1 heterocycles. The van der Waals surface area contributed by atoms with Gasteiger partial charge in [0.1, 0.15) is 6.54 Å².